The normalized spacial score (nSPS) is 12.6. The predicted molar refractivity (Wildman–Crippen MR) is 73.2 cm³/mol. The van der Waals surface area contributed by atoms with E-state index >= 15 is 0 Å². The van der Waals surface area contributed by atoms with Crippen LogP contribution in [0.4, 0.5) is 0 Å². The van der Waals surface area contributed by atoms with Gasteiger partial charge in [-0.1, -0.05) is 32.9 Å². The second kappa shape index (κ2) is 7.33. The lowest BCUT2D eigenvalue weighted by molar-refractivity contribution is 0.390. The zero-order valence-electron chi connectivity index (χ0n) is 11.4. The third kappa shape index (κ3) is 4.39. The second-order valence-electron chi connectivity index (χ2n) is 4.47. The van der Waals surface area contributed by atoms with E-state index in [-0.39, 0.29) is 6.04 Å². The molecule has 0 bridgehead atoms. The maximum absolute atomic E-state index is 5.83. The molecular weight excluding hydrogens is 210 g/mol. The molecule has 0 fully saturated rings. The van der Waals surface area contributed by atoms with Gasteiger partial charge in [0.05, 0.1) is 6.04 Å². The summed E-state index contributed by atoms with van der Waals surface area (Å²) in [6, 6.07) is 4.45. The van der Waals surface area contributed by atoms with Crippen molar-refractivity contribution in [2.24, 2.45) is 0 Å². The molecular formula is C15H25NO. The van der Waals surface area contributed by atoms with Crippen LogP contribution in [-0.2, 0) is 6.42 Å². The van der Waals surface area contributed by atoms with Crippen LogP contribution in [0.1, 0.15) is 57.6 Å². The number of aryl methyl sites for hydroxylation is 1. The van der Waals surface area contributed by atoms with Crippen molar-refractivity contribution in [1.82, 2.24) is 5.32 Å². The van der Waals surface area contributed by atoms with E-state index < -0.39 is 0 Å². The summed E-state index contributed by atoms with van der Waals surface area (Å²) < 4.78 is 5.83. The van der Waals surface area contributed by atoms with Crippen molar-refractivity contribution in [2.75, 3.05) is 6.54 Å². The summed E-state index contributed by atoms with van der Waals surface area (Å²) in [4.78, 5) is 0. The minimum Gasteiger partial charge on any atom is -0.464 e. The Kier molecular flexibility index (Phi) is 6.06. The molecule has 1 N–H and O–H groups in total. The molecule has 1 unspecified atom stereocenters. The third-order valence-electron chi connectivity index (χ3n) is 3.01. The molecule has 0 saturated carbocycles. The van der Waals surface area contributed by atoms with Crippen LogP contribution >= 0.6 is 0 Å². The Bertz CT molecular complexity index is 340. The summed E-state index contributed by atoms with van der Waals surface area (Å²) in [7, 11) is 0. The largest absolute Gasteiger partial charge is 0.464 e. The van der Waals surface area contributed by atoms with Crippen molar-refractivity contribution in [3.05, 3.63) is 35.8 Å². The number of hydrogen-bond donors (Lipinski definition) is 1. The fourth-order valence-corrected chi connectivity index (χ4v) is 1.80. The number of rotatable bonds is 8. The molecule has 0 aliphatic heterocycles. The van der Waals surface area contributed by atoms with Gasteiger partial charge in [-0.2, -0.15) is 0 Å². The van der Waals surface area contributed by atoms with E-state index in [2.05, 4.69) is 44.8 Å². The molecule has 0 aliphatic carbocycles. The molecule has 1 aromatic heterocycles. The smallest absolute Gasteiger partial charge is 0.121 e. The highest BCUT2D eigenvalue weighted by Crippen LogP contribution is 2.24. The Balaban J connectivity index is 2.70. The van der Waals surface area contributed by atoms with Crippen LogP contribution < -0.4 is 5.32 Å². The van der Waals surface area contributed by atoms with Crippen LogP contribution in [0.3, 0.4) is 0 Å². The lowest BCUT2D eigenvalue weighted by Crippen LogP contribution is -2.22. The topological polar surface area (TPSA) is 25.2 Å². The van der Waals surface area contributed by atoms with E-state index in [4.69, 9.17) is 4.42 Å². The maximum atomic E-state index is 5.83. The first kappa shape index (κ1) is 14.0. The monoisotopic (exact) mass is 235 g/mol. The molecule has 0 aliphatic rings. The predicted octanol–water partition coefficient (Wildman–Crippen LogP) is 4.24. The van der Waals surface area contributed by atoms with Crippen molar-refractivity contribution in [1.29, 1.82) is 0 Å². The maximum Gasteiger partial charge on any atom is 0.121 e. The van der Waals surface area contributed by atoms with Crippen LogP contribution in [0.5, 0.6) is 0 Å². The zero-order valence-corrected chi connectivity index (χ0v) is 11.4. The van der Waals surface area contributed by atoms with E-state index in [0.717, 1.165) is 43.7 Å². The SMILES string of the molecule is C=C(CC)CC(NCCC)c1ccc(CC)o1. The summed E-state index contributed by atoms with van der Waals surface area (Å²) in [5.74, 6) is 2.11. The quantitative estimate of drug-likeness (QED) is 0.682. The van der Waals surface area contributed by atoms with Crippen LogP contribution in [0.2, 0.25) is 0 Å². The van der Waals surface area contributed by atoms with E-state index in [1.54, 1.807) is 0 Å². The average molecular weight is 235 g/mol. The zero-order chi connectivity index (χ0) is 12.7. The van der Waals surface area contributed by atoms with Gasteiger partial charge in [-0.3, -0.25) is 0 Å². The Morgan fingerprint density at radius 2 is 2.12 bits per heavy atom. The first-order valence-corrected chi connectivity index (χ1v) is 6.69. The fraction of sp³-hybridized carbons (Fsp3) is 0.600. The van der Waals surface area contributed by atoms with Gasteiger partial charge in [0.1, 0.15) is 11.5 Å². The number of hydrogen-bond acceptors (Lipinski definition) is 2. The first-order chi connectivity index (χ1) is 8.21. The van der Waals surface area contributed by atoms with Crippen LogP contribution in [-0.4, -0.2) is 6.54 Å². The Labute approximate surface area is 105 Å². The van der Waals surface area contributed by atoms with Crippen LogP contribution in [0, 0.1) is 0 Å². The van der Waals surface area contributed by atoms with E-state index in [1.807, 2.05) is 0 Å². The standard InChI is InChI=1S/C15H25NO/c1-5-10-16-14(11-12(4)6-2)15-9-8-13(7-3)17-15/h8-9,14,16H,4-7,10-11H2,1-3H3. The summed E-state index contributed by atoms with van der Waals surface area (Å²) in [5.41, 5.74) is 1.27. The second-order valence-corrected chi connectivity index (χ2v) is 4.47. The lowest BCUT2D eigenvalue weighted by atomic mass is 10.0. The van der Waals surface area contributed by atoms with Crippen LogP contribution in [0.25, 0.3) is 0 Å². The van der Waals surface area contributed by atoms with Crippen molar-refractivity contribution >= 4 is 0 Å². The molecule has 1 rings (SSSR count). The molecule has 1 heterocycles. The summed E-state index contributed by atoms with van der Waals surface area (Å²) in [6.45, 7) is 11.6. The number of furan rings is 1. The third-order valence-corrected chi connectivity index (χ3v) is 3.01. The minimum atomic E-state index is 0.280. The molecule has 1 aromatic rings. The minimum absolute atomic E-state index is 0.280. The Hall–Kier alpha value is -1.02. The molecule has 0 spiro atoms. The molecule has 0 saturated heterocycles. The van der Waals surface area contributed by atoms with Crippen molar-refractivity contribution < 1.29 is 4.42 Å². The highest BCUT2D eigenvalue weighted by atomic mass is 16.3. The average Bonchev–Trinajstić information content (AvgIpc) is 2.82. The van der Waals surface area contributed by atoms with Gasteiger partial charge in [0.2, 0.25) is 0 Å². The van der Waals surface area contributed by atoms with Gasteiger partial charge in [0, 0.05) is 6.42 Å². The molecule has 2 nitrogen and oxygen atoms in total. The van der Waals surface area contributed by atoms with Gasteiger partial charge >= 0.3 is 0 Å². The Morgan fingerprint density at radius 1 is 1.35 bits per heavy atom. The fourth-order valence-electron chi connectivity index (χ4n) is 1.80. The van der Waals surface area contributed by atoms with Crippen molar-refractivity contribution in [2.45, 2.75) is 52.5 Å². The van der Waals surface area contributed by atoms with E-state index in [9.17, 15) is 0 Å². The highest BCUT2D eigenvalue weighted by Gasteiger charge is 2.15. The first-order valence-electron chi connectivity index (χ1n) is 6.69. The summed E-state index contributed by atoms with van der Waals surface area (Å²) in [6.07, 6.45) is 4.09. The summed E-state index contributed by atoms with van der Waals surface area (Å²) in [5, 5.41) is 3.53. The number of nitrogens with one attached hydrogen (secondary N) is 1. The lowest BCUT2D eigenvalue weighted by Gasteiger charge is -2.17. The van der Waals surface area contributed by atoms with Crippen LogP contribution in [0.15, 0.2) is 28.7 Å². The molecule has 0 amide bonds. The molecule has 0 aromatic carbocycles. The van der Waals surface area contributed by atoms with Gasteiger partial charge in [-0.25, -0.2) is 0 Å². The molecule has 1 atom stereocenters. The van der Waals surface area contributed by atoms with Gasteiger partial charge in [-0.15, -0.1) is 0 Å². The van der Waals surface area contributed by atoms with Gasteiger partial charge < -0.3 is 9.73 Å². The molecule has 96 valence electrons. The van der Waals surface area contributed by atoms with E-state index in [1.165, 1.54) is 5.57 Å². The molecule has 17 heavy (non-hydrogen) atoms. The Morgan fingerprint density at radius 3 is 2.65 bits per heavy atom. The molecule has 0 radical (unpaired) electrons. The van der Waals surface area contributed by atoms with Gasteiger partial charge in [0.25, 0.3) is 0 Å². The van der Waals surface area contributed by atoms with Crippen molar-refractivity contribution in [3.63, 3.8) is 0 Å². The highest BCUT2D eigenvalue weighted by molar-refractivity contribution is 5.13. The van der Waals surface area contributed by atoms with Gasteiger partial charge in [-0.05, 0) is 37.9 Å². The van der Waals surface area contributed by atoms with Gasteiger partial charge in [0.15, 0.2) is 0 Å². The summed E-state index contributed by atoms with van der Waals surface area (Å²) >= 11 is 0. The molecule has 2 heteroatoms. The van der Waals surface area contributed by atoms with Crippen molar-refractivity contribution in [3.8, 4) is 0 Å². The van der Waals surface area contributed by atoms with E-state index in [0.29, 0.717) is 0 Å².